The fourth-order valence-corrected chi connectivity index (χ4v) is 2.49. The van der Waals surface area contributed by atoms with E-state index in [1.54, 1.807) is 0 Å². The van der Waals surface area contributed by atoms with Crippen molar-refractivity contribution in [2.75, 3.05) is 0 Å². The molecule has 0 saturated carbocycles. The largest absolute Gasteiger partial charge is 0.258 e. The lowest BCUT2D eigenvalue weighted by molar-refractivity contribution is 1.71. The highest BCUT2D eigenvalue weighted by Gasteiger charge is 1.45. The van der Waals surface area contributed by atoms with Crippen LogP contribution in [0.3, 0.4) is 0 Å². The second-order valence-corrected chi connectivity index (χ2v) is 5.41. The summed E-state index contributed by atoms with van der Waals surface area (Å²) < 4.78 is 10.4. The molecule has 0 radical (unpaired) electrons. The highest BCUT2D eigenvalue weighted by molar-refractivity contribution is 14.2. The molecule has 1 N–H and O–H groups in total. The molecule has 5 heteroatoms. The Morgan fingerprint density at radius 2 is 2.40 bits per heavy atom. The predicted molar refractivity (Wildman–Crippen MR) is 42.9 cm³/mol. The van der Waals surface area contributed by atoms with Crippen LogP contribution >= 0.6 is 48.7 Å². The SMILES string of the molecule is N=IN=IP. The van der Waals surface area contributed by atoms with Gasteiger partial charge in [0.1, 0.15) is 21.3 Å². The van der Waals surface area contributed by atoms with E-state index in [9.17, 15) is 0 Å². The minimum absolute atomic E-state index is 0.0104. The van der Waals surface area contributed by atoms with Crippen LogP contribution in [0.25, 0.3) is 0 Å². The monoisotopic (exact) mass is 316 g/mol. The van der Waals surface area contributed by atoms with E-state index < -0.39 is 21.3 Å². The maximum Gasteiger partial charge on any atom is 0.139 e. The number of nitrogens with one attached hydrogen (secondary N) is 1. The van der Waals surface area contributed by atoms with Gasteiger partial charge in [0, 0.05) is 20.5 Å². The lowest BCUT2D eigenvalue weighted by Gasteiger charge is -1.53. The molecule has 0 rings (SSSR count). The van der Waals surface area contributed by atoms with E-state index in [1.807, 2.05) is 0 Å². The molecule has 0 heterocycles. The number of rotatable bonds is 1. The van der Waals surface area contributed by atoms with Crippen molar-refractivity contribution in [3.05, 3.63) is 0 Å². The summed E-state index contributed by atoms with van der Waals surface area (Å²) in [7, 11) is 0. The summed E-state index contributed by atoms with van der Waals surface area (Å²) in [6.07, 6.45) is 0. The van der Waals surface area contributed by atoms with Crippen molar-refractivity contribution in [1.82, 2.24) is 0 Å². The molecule has 0 fully saturated rings. The normalized spacial score (nSPS) is 11.4. The molecule has 0 spiro atoms. The summed E-state index contributed by atoms with van der Waals surface area (Å²) in [5, 5.41) is 0. The standard InChI is InChI=1S/H3I2N2P/c3-1-4-2-5/h3H,5H2. The minimum Gasteiger partial charge on any atom is -0.258 e. The Kier molecular flexibility index (Phi) is 7.13. The highest BCUT2D eigenvalue weighted by Crippen LogP contribution is 2.16. The van der Waals surface area contributed by atoms with E-state index in [4.69, 9.17) is 3.56 Å². The van der Waals surface area contributed by atoms with Crippen LogP contribution in [0.2, 0.25) is 0 Å². The summed E-state index contributed by atoms with van der Waals surface area (Å²) in [6.45, 7) is 2.55. The third kappa shape index (κ3) is 5.49. The van der Waals surface area contributed by atoms with Gasteiger partial charge in [-0.2, -0.15) is 1.36 Å². The van der Waals surface area contributed by atoms with Crippen LogP contribution in [0.4, 0.5) is 0 Å². The first-order valence-corrected chi connectivity index (χ1v) is 7.93. The molecule has 1 atom stereocenters. The van der Waals surface area contributed by atoms with E-state index >= 15 is 0 Å². The van der Waals surface area contributed by atoms with Gasteiger partial charge in [0.15, 0.2) is 0 Å². The van der Waals surface area contributed by atoms with Crippen LogP contribution in [-0.2, 0) is 0 Å². The fourth-order valence-electron chi connectivity index (χ4n) is 0.0184. The molecule has 0 aromatic carbocycles. The molecule has 0 amide bonds. The van der Waals surface area contributed by atoms with Crippen LogP contribution in [0, 0.1) is 3.56 Å². The third-order valence-electron chi connectivity index (χ3n) is 0.0688. The van der Waals surface area contributed by atoms with Gasteiger partial charge >= 0.3 is 0 Å². The Labute approximate surface area is 53.1 Å². The molecule has 1 unspecified atom stereocenters. The number of nitrogens with zero attached hydrogens (tertiary/aromatic N) is 1. The molecular formula is H3I2N2P. The van der Waals surface area contributed by atoms with Crippen molar-refractivity contribution in [1.29, 1.82) is 3.56 Å². The highest BCUT2D eigenvalue weighted by atomic mass is 127. The van der Waals surface area contributed by atoms with E-state index in [1.165, 1.54) is 0 Å². The van der Waals surface area contributed by atoms with Crippen molar-refractivity contribution in [2.24, 2.45) is 1.36 Å². The van der Waals surface area contributed by atoms with Crippen molar-refractivity contribution in [2.45, 2.75) is 0 Å². The Balaban J connectivity index is 2.92. The van der Waals surface area contributed by atoms with Crippen LogP contribution in [0.15, 0.2) is 1.36 Å². The molecule has 0 aromatic rings. The van der Waals surface area contributed by atoms with Gasteiger partial charge in [-0.25, -0.2) is 0 Å². The van der Waals surface area contributed by atoms with E-state index in [-0.39, 0.29) is 20.5 Å². The van der Waals surface area contributed by atoms with Crippen LogP contribution in [0.1, 0.15) is 0 Å². The van der Waals surface area contributed by atoms with E-state index in [2.05, 4.69) is 8.24 Å². The topological polar surface area (TPSA) is 36.2 Å². The molecule has 0 aliphatic carbocycles. The zero-order chi connectivity index (χ0) is 4.12. The Hall–Kier alpha value is 1.49. The Morgan fingerprint density at radius 1 is 1.80 bits per heavy atom. The molecular weight excluding hydrogens is 313 g/mol. The average molecular weight is 316 g/mol. The Morgan fingerprint density at radius 3 is 2.40 bits per heavy atom. The van der Waals surface area contributed by atoms with Crippen LogP contribution in [0.5, 0.6) is 0 Å². The zero-order valence-corrected chi connectivity index (χ0v) is 7.75. The van der Waals surface area contributed by atoms with Gasteiger partial charge in [-0.05, 0) is 0 Å². The lowest BCUT2D eigenvalue weighted by Crippen LogP contribution is -0.947. The molecule has 0 saturated heterocycles. The maximum absolute atomic E-state index is 6.56. The van der Waals surface area contributed by atoms with Gasteiger partial charge in [0.2, 0.25) is 0 Å². The molecule has 2 nitrogen and oxygen atoms in total. The molecule has 0 aliphatic heterocycles. The number of halogens is 2. The quantitative estimate of drug-likeness (QED) is 0.570. The van der Waals surface area contributed by atoms with Gasteiger partial charge in [-0.1, -0.05) is 6.88 Å². The fraction of sp³-hybridized carbons (Fsp3) is 0. The first-order valence-electron chi connectivity index (χ1n) is 0.745. The average Bonchev–Trinajstić information content (AvgIpc) is 1.41. The second kappa shape index (κ2) is 5.49. The van der Waals surface area contributed by atoms with Gasteiger partial charge < -0.3 is 0 Å². The first-order chi connectivity index (χ1) is 2.41. The molecule has 0 aliphatic rings. The summed E-state index contributed by atoms with van der Waals surface area (Å²) in [6, 6.07) is 0. The molecule has 0 bridgehead atoms. The summed E-state index contributed by atoms with van der Waals surface area (Å²) in [4.78, 5) is 0. The Bertz CT molecular complexity index is 49.6. The van der Waals surface area contributed by atoms with E-state index in [0.29, 0.717) is 0 Å². The summed E-state index contributed by atoms with van der Waals surface area (Å²) >= 11 is -0.479. The zero-order valence-electron chi connectivity index (χ0n) is 2.28. The molecule has 32 valence electrons. The van der Waals surface area contributed by atoms with Crippen molar-refractivity contribution >= 4 is 48.7 Å². The number of hydrogen-bond donors (Lipinski definition) is 1. The maximum atomic E-state index is 6.56. The smallest absolute Gasteiger partial charge is 0.139 e. The minimum atomic E-state index is -0.490. The third-order valence-corrected chi connectivity index (χ3v) is 6.42. The van der Waals surface area contributed by atoms with Gasteiger partial charge in [0.05, 0.1) is 0 Å². The predicted octanol–water partition coefficient (Wildman–Crippen LogP) is 2.58. The van der Waals surface area contributed by atoms with Gasteiger partial charge in [-0.15, -0.1) is 0 Å². The summed E-state index contributed by atoms with van der Waals surface area (Å²) in [5.74, 6) is 0. The molecule has 5 heavy (non-hydrogen) atoms. The van der Waals surface area contributed by atoms with Crippen LogP contribution < -0.4 is 0 Å². The van der Waals surface area contributed by atoms with E-state index in [0.717, 1.165) is 0 Å². The summed E-state index contributed by atoms with van der Waals surface area (Å²) in [5.41, 5.74) is 0. The van der Waals surface area contributed by atoms with Crippen molar-refractivity contribution in [3.63, 3.8) is 0 Å². The van der Waals surface area contributed by atoms with Gasteiger partial charge in [0.25, 0.3) is 0 Å². The van der Waals surface area contributed by atoms with Crippen molar-refractivity contribution in [3.8, 4) is 0 Å². The second-order valence-electron chi connectivity index (χ2n) is 0.246. The lowest BCUT2D eigenvalue weighted by atomic mass is 14.0. The van der Waals surface area contributed by atoms with Crippen molar-refractivity contribution < 1.29 is 0 Å². The first kappa shape index (κ1) is 6.49. The van der Waals surface area contributed by atoms with Crippen LogP contribution in [-0.4, -0.2) is 0 Å². The van der Waals surface area contributed by atoms with Gasteiger partial charge in [-0.3, -0.25) is 3.56 Å². The number of hydrogen-bond acceptors (Lipinski definition) is 1. The molecule has 0 aromatic heterocycles.